The third-order valence-corrected chi connectivity index (χ3v) is 5.30. The van der Waals surface area contributed by atoms with E-state index < -0.39 is 24.1 Å². The molecule has 0 radical (unpaired) electrons. The minimum atomic E-state index is -1.10. The lowest BCUT2D eigenvalue weighted by Gasteiger charge is -2.16. The lowest BCUT2D eigenvalue weighted by molar-refractivity contribution is 0.0805. The first kappa shape index (κ1) is 19.4. The molecule has 2 heterocycles. The summed E-state index contributed by atoms with van der Waals surface area (Å²) in [4.78, 5) is 25.4. The van der Waals surface area contributed by atoms with Gasteiger partial charge in [-0.3, -0.25) is 9.59 Å². The molecule has 29 heavy (non-hydrogen) atoms. The summed E-state index contributed by atoms with van der Waals surface area (Å²) in [6, 6.07) is 7.79. The monoisotopic (exact) mass is 399 g/mol. The summed E-state index contributed by atoms with van der Waals surface area (Å²) in [7, 11) is 1.55. The number of aliphatic hydroxyl groups excluding tert-OH is 2. The van der Waals surface area contributed by atoms with Crippen LogP contribution in [0.2, 0.25) is 0 Å². The van der Waals surface area contributed by atoms with Crippen molar-refractivity contribution in [3.8, 4) is 0 Å². The largest absolute Gasteiger partial charge is 0.394 e. The zero-order valence-corrected chi connectivity index (χ0v) is 15.9. The normalized spacial score (nSPS) is 14.9. The molecule has 1 atom stereocenters. The molecule has 0 unspecified atom stereocenters. The molecule has 3 N–H and O–H groups in total. The van der Waals surface area contributed by atoms with Crippen molar-refractivity contribution in [2.75, 3.05) is 11.9 Å². The van der Waals surface area contributed by atoms with Gasteiger partial charge in [-0.1, -0.05) is 6.07 Å². The Morgan fingerprint density at radius 1 is 1.21 bits per heavy atom. The fourth-order valence-electron chi connectivity index (χ4n) is 3.48. The first-order valence-electron chi connectivity index (χ1n) is 9.47. The van der Waals surface area contributed by atoms with E-state index >= 15 is 0 Å². The SMILES string of the molecule is Cn1c(=O)cc(Nc2ccc(C3CC3)cc2F)c2c(=O)n(C[C@H](O)CO)ccc21. The fraction of sp³-hybridized carbons (Fsp3) is 0.333. The first-order valence-corrected chi connectivity index (χ1v) is 9.47. The maximum absolute atomic E-state index is 14.6. The first-order chi connectivity index (χ1) is 13.9. The van der Waals surface area contributed by atoms with E-state index in [1.807, 2.05) is 6.07 Å². The van der Waals surface area contributed by atoms with Crippen LogP contribution in [0.1, 0.15) is 24.3 Å². The summed E-state index contributed by atoms with van der Waals surface area (Å²) in [5.74, 6) is -0.0382. The molecule has 0 saturated heterocycles. The Kier molecular flexibility index (Phi) is 4.97. The molecule has 1 saturated carbocycles. The van der Waals surface area contributed by atoms with Crippen molar-refractivity contribution < 1.29 is 14.6 Å². The van der Waals surface area contributed by atoms with E-state index in [0.717, 1.165) is 18.4 Å². The molecule has 1 aromatic carbocycles. The fourth-order valence-corrected chi connectivity index (χ4v) is 3.48. The molecule has 4 rings (SSSR count). The molecule has 1 aliphatic carbocycles. The number of rotatable bonds is 6. The highest BCUT2D eigenvalue weighted by atomic mass is 19.1. The van der Waals surface area contributed by atoms with Gasteiger partial charge in [0, 0.05) is 19.3 Å². The average Bonchev–Trinajstić information content (AvgIpc) is 3.54. The van der Waals surface area contributed by atoms with Crippen LogP contribution in [0.15, 0.2) is 46.1 Å². The number of aryl methyl sites for hydroxylation is 1. The highest BCUT2D eigenvalue weighted by Gasteiger charge is 2.24. The molecule has 0 amide bonds. The van der Waals surface area contributed by atoms with E-state index in [4.69, 9.17) is 5.11 Å². The van der Waals surface area contributed by atoms with Gasteiger partial charge >= 0.3 is 0 Å². The second-order valence-electron chi connectivity index (χ2n) is 7.46. The van der Waals surface area contributed by atoms with Crippen LogP contribution >= 0.6 is 0 Å². The summed E-state index contributed by atoms with van der Waals surface area (Å²) >= 11 is 0. The third-order valence-electron chi connectivity index (χ3n) is 5.30. The predicted octanol–water partition coefficient (Wildman–Crippen LogP) is 1.81. The Bertz CT molecular complexity index is 1200. The molecule has 8 heteroatoms. The van der Waals surface area contributed by atoms with Gasteiger partial charge in [0.05, 0.1) is 41.5 Å². The molecule has 0 spiro atoms. The van der Waals surface area contributed by atoms with Crippen molar-refractivity contribution in [2.45, 2.75) is 31.4 Å². The molecule has 152 valence electrons. The Balaban J connectivity index is 1.82. The lowest BCUT2D eigenvalue weighted by Crippen LogP contribution is -2.30. The standard InChI is InChI=1S/C21H22FN3O4/c1-24-18-6-7-25(10-14(27)11-26)21(29)20(18)17(9-19(24)28)23-16-5-4-13(8-15(16)22)12-2-3-12/h4-9,12,14,23,26-27H,2-3,10-11H2,1H3/t14-/m0/s1. The van der Waals surface area contributed by atoms with E-state index in [0.29, 0.717) is 11.4 Å². The Labute approximate surface area is 165 Å². The van der Waals surface area contributed by atoms with Gasteiger partial charge in [-0.15, -0.1) is 0 Å². The second kappa shape index (κ2) is 7.46. The van der Waals surface area contributed by atoms with Crippen LogP contribution in [0.25, 0.3) is 10.9 Å². The molecule has 3 aromatic rings. The van der Waals surface area contributed by atoms with Crippen molar-refractivity contribution in [1.82, 2.24) is 9.13 Å². The number of hydrogen-bond acceptors (Lipinski definition) is 5. The lowest BCUT2D eigenvalue weighted by atomic mass is 10.1. The van der Waals surface area contributed by atoms with Crippen molar-refractivity contribution in [2.24, 2.45) is 7.05 Å². The van der Waals surface area contributed by atoms with E-state index in [9.17, 15) is 19.1 Å². The summed E-state index contributed by atoms with van der Waals surface area (Å²) < 4.78 is 17.2. The molecule has 7 nitrogen and oxygen atoms in total. The highest BCUT2D eigenvalue weighted by molar-refractivity contribution is 5.92. The number of hydrogen-bond donors (Lipinski definition) is 3. The summed E-state index contributed by atoms with van der Waals surface area (Å²) in [6.45, 7) is -0.584. The number of pyridine rings is 2. The number of nitrogens with one attached hydrogen (secondary N) is 1. The van der Waals surface area contributed by atoms with E-state index in [2.05, 4.69) is 5.32 Å². The Hall–Kier alpha value is -2.97. The summed E-state index contributed by atoms with van der Waals surface area (Å²) in [5.41, 5.74) is 0.899. The van der Waals surface area contributed by atoms with Crippen molar-refractivity contribution in [3.05, 3.63) is 68.6 Å². The van der Waals surface area contributed by atoms with Crippen LogP contribution in [0, 0.1) is 5.82 Å². The van der Waals surface area contributed by atoms with Crippen LogP contribution in [0.4, 0.5) is 15.8 Å². The molecular weight excluding hydrogens is 377 g/mol. The zero-order valence-electron chi connectivity index (χ0n) is 15.9. The summed E-state index contributed by atoms with van der Waals surface area (Å²) in [6.07, 6.45) is 2.48. The van der Waals surface area contributed by atoms with E-state index in [-0.39, 0.29) is 28.9 Å². The topological polar surface area (TPSA) is 96.5 Å². The summed E-state index contributed by atoms with van der Waals surface area (Å²) in [5, 5.41) is 21.8. The van der Waals surface area contributed by atoms with Gasteiger partial charge in [0.25, 0.3) is 11.1 Å². The number of benzene rings is 1. The molecular formula is C21H22FN3O4. The number of aromatic nitrogens is 2. The van der Waals surface area contributed by atoms with Gasteiger partial charge in [0.1, 0.15) is 5.82 Å². The minimum Gasteiger partial charge on any atom is -0.394 e. The van der Waals surface area contributed by atoms with Crippen LogP contribution in [0.5, 0.6) is 0 Å². The number of nitrogens with zero attached hydrogens (tertiary/aromatic N) is 2. The maximum Gasteiger partial charge on any atom is 0.262 e. The smallest absolute Gasteiger partial charge is 0.262 e. The van der Waals surface area contributed by atoms with E-state index in [1.165, 1.54) is 27.5 Å². The predicted molar refractivity (Wildman–Crippen MR) is 108 cm³/mol. The molecule has 1 aliphatic rings. The van der Waals surface area contributed by atoms with Crippen molar-refractivity contribution in [1.29, 1.82) is 0 Å². The second-order valence-corrected chi connectivity index (χ2v) is 7.46. The number of aliphatic hydroxyl groups is 2. The molecule has 1 fully saturated rings. The van der Waals surface area contributed by atoms with Gasteiger partial charge in [0.15, 0.2) is 0 Å². The molecule has 0 bridgehead atoms. The number of halogens is 1. The van der Waals surface area contributed by atoms with E-state index in [1.54, 1.807) is 19.2 Å². The van der Waals surface area contributed by atoms with Crippen LogP contribution in [-0.2, 0) is 13.6 Å². The third kappa shape index (κ3) is 3.68. The van der Waals surface area contributed by atoms with Crippen molar-refractivity contribution >= 4 is 22.3 Å². The van der Waals surface area contributed by atoms with Crippen LogP contribution in [0.3, 0.4) is 0 Å². The van der Waals surface area contributed by atoms with Crippen LogP contribution in [-0.4, -0.2) is 32.1 Å². The zero-order chi connectivity index (χ0) is 20.7. The number of anilines is 2. The van der Waals surface area contributed by atoms with Gasteiger partial charge < -0.3 is 24.7 Å². The quantitative estimate of drug-likeness (QED) is 0.588. The van der Waals surface area contributed by atoms with Gasteiger partial charge in [-0.05, 0) is 42.5 Å². The highest BCUT2D eigenvalue weighted by Crippen LogP contribution is 2.41. The van der Waals surface area contributed by atoms with Crippen molar-refractivity contribution in [3.63, 3.8) is 0 Å². The van der Waals surface area contributed by atoms with Gasteiger partial charge in [-0.25, -0.2) is 4.39 Å². The molecule has 0 aliphatic heterocycles. The minimum absolute atomic E-state index is 0.0992. The Morgan fingerprint density at radius 3 is 2.62 bits per heavy atom. The van der Waals surface area contributed by atoms with Gasteiger partial charge in [-0.2, -0.15) is 0 Å². The van der Waals surface area contributed by atoms with Crippen LogP contribution < -0.4 is 16.4 Å². The average molecular weight is 399 g/mol. The number of fused-ring (bicyclic) bond motifs is 1. The molecule has 2 aromatic heterocycles. The Morgan fingerprint density at radius 2 is 1.97 bits per heavy atom. The maximum atomic E-state index is 14.6. The van der Waals surface area contributed by atoms with Gasteiger partial charge in [0.2, 0.25) is 0 Å².